The molecule has 0 spiro atoms. The number of ether oxygens (including phenoxy) is 3. The van der Waals surface area contributed by atoms with Crippen LogP contribution in [0.25, 0.3) is 0 Å². The van der Waals surface area contributed by atoms with Crippen LogP contribution in [0.4, 0.5) is 5.69 Å². The molecule has 7 nitrogen and oxygen atoms in total. The van der Waals surface area contributed by atoms with Gasteiger partial charge in [0.05, 0.1) is 19.7 Å². The normalized spacial score (nSPS) is 19.1. The van der Waals surface area contributed by atoms with E-state index >= 15 is 0 Å². The van der Waals surface area contributed by atoms with Crippen molar-refractivity contribution in [3.05, 3.63) is 48.0 Å². The number of methoxy groups -OCH3 is 1. The zero-order valence-electron chi connectivity index (χ0n) is 15.9. The van der Waals surface area contributed by atoms with E-state index in [0.29, 0.717) is 36.9 Å². The standard InChI is InChI=1S/C21H25N3O4/c1-26-18-5-3-2-4-16(18)17-13-22-8-9-24(17)14-21(25)23-15-6-7-19-20(12-15)28-11-10-27-19/h2-7,12,17,22H,8-11,13-14H2,1H3,(H,23,25). The molecule has 0 saturated carbocycles. The quantitative estimate of drug-likeness (QED) is 0.824. The second kappa shape index (κ2) is 8.50. The lowest BCUT2D eigenvalue weighted by Gasteiger charge is -2.36. The topological polar surface area (TPSA) is 72.1 Å². The van der Waals surface area contributed by atoms with Gasteiger partial charge in [-0.2, -0.15) is 0 Å². The molecule has 7 heteroatoms. The Bertz CT molecular complexity index is 842. The van der Waals surface area contributed by atoms with Crippen molar-refractivity contribution >= 4 is 11.6 Å². The lowest BCUT2D eigenvalue weighted by molar-refractivity contribution is -0.118. The summed E-state index contributed by atoms with van der Waals surface area (Å²) >= 11 is 0. The third kappa shape index (κ3) is 4.05. The molecule has 2 aromatic rings. The van der Waals surface area contributed by atoms with E-state index in [1.54, 1.807) is 7.11 Å². The van der Waals surface area contributed by atoms with Crippen LogP contribution >= 0.6 is 0 Å². The van der Waals surface area contributed by atoms with Crippen molar-refractivity contribution in [2.24, 2.45) is 0 Å². The largest absolute Gasteiger partial charge is 0.496 e. The first-order valence-electron chi connectivity index (χ1n) is 9.52. The molecule has 1 unspecified atom stereocenters. The Kier molecular flexibility index (Phi) is 5.64. The summed E-state index contributed by atoms with van der Waals surface area (Å²) < 4.78 is 16.6. The van der Waals surface area contributed by atoms with E-state index in [4.69, 9.17) is 14.2 Å². The van der Waals surface area contributed by atoms with Crippen LogP contribution in [0.2, 0.25) is 0 Å². The van der Waals surface area contributed by atoms with Crippen molar-refractivity contribution in [1.29, 1.82) is 0 Å². The third-order valence-corrected chi connectivity index (χ3v) is 5.02. The maximum Gasteiger partial charge on any atom is 0.238 e. The van der Waals surface area contributed by atoms with Crippen molar-refractivity contribution in [1.82, 2.24) is 10.2 Å². The lowest BCUT2D eigenvalue weighted by Crippen LogP contribution is -2.48. The summed E-state index contributed by atoms with van der Waals surface area (Å²) in [4.78, 5) is 14.9. The Morgan fingerprint density at radius 3 is 2.89 bits per heavy atom. The van der Waals surface area contributed by atoms with E-state index in [9.17, 15) is 4.79 Å². The summed E-state index contributed by atoms with van der Waals surface area (Å²) in [6, 6.07) is 13.5. The van der Waals surface area contributed by atoms with Gasteiger partial charge in [-0.05, 0) is 18.2 Å². The monoisotopic (exact) mass is 383 g/mol. The number of amides is 1. The zero-order chi connectivity index (χ0) is 19.3. The number of para-hydroxylation sites is 1. The van der Waals surface area contributed by atoms with E-state index in [1.165, 1.54) is 0 Å². The Balaban J connectivity index is 1.45. The molecule has 0 aliphatic carbocycles. The molecule has 28 heavy (non-hydrogen) atoms. The van der Waals surface area contributed by atoms with Crippen molar-refractivity contribution in [2.75, 3.05) is 51.8 Å². The van der Waals surface area contributed by atoms with Crippen LogP contribution in [0.3, 0.4) is 0 Å². The van der Waals surface area contributed by atoms with Crippen molar-refractivity contribution < 1.29 is 19.0 Å². The second-order valence-electron chi connectivity index (χ2n) is 6.84. The highest BCUT2D eigenvalue weighted by Gasteiger charge is 2.27. The molecule has 2 aliphatic rings. The minimum absolute atomic E-state index is 0.0570. The molecule has 2 aliphatic heterocycles. The van der Waals surface area contributed by atoms with Gasteiger partial charge in [-0.1, -0.05) is 18.2 Å². The van der Waals surface area contributed by atoms with E-state index in [1.807, 2.05) is 36.4 Å². The molecular weight excluding hydrogens is 358 g/mol. The van der Waals surface area contributed by atoms with Crippen LogP contribution in [0.5, 0.6) is 17.2 Å². The van der Waals surface area contributed by atoms with Gasteiger partial charge in [0, 0.05) is 37.0 Å². The number of piperazine rings is 1. The van der Waals surface area contributed by atoms with Crippen LogP contribution in [-0.2, 0) is 4.79 Å². The number of carbonyl (C=O) groups excluding carboxylic acids is 1. The van der Waals surface area contributed by atoms with Crippen LogP contribution in [0, 0.1) is 0 Å². The minimum Gasteiger partial charge on any atom is -0.496 e. The molecule has 1 saturated heterocycles. The molecule has 4 rings (SSSR count). The van der Waals surface area contributed by atoms with Crippen molar-refractivity contribution in [2.45, 2.75) is 6.04 Å². The number of nitrogens with zero attached hydrogens (tertiary/aromatic N) is 1. The summed E-state index contributed by atoms with van der Waals surface area (Å²) in [5, 5.41) is 6.38. The Labute approximate surface area is 164 Å². The summed E-state index contributed by atoms with van der Waals surface area (Å²) in [6.07, 6.45) is 0. The third-order valence-electron chi connectivity index (χ3n) is 5.02. The van der Waals surface area contributed by atoms with Crippen molar-refractivity contribution in [3.8, 4) is 17.2 Å². The minimum atomic E-state index is -0.0570. The summed E-state index contributed by atoms with van der Waals surface area (Å²) in [7, 11) is 1.67. The van der Waals surface area contributed by atoms with Gasteiger partial charge in [0.15, 0.2) is 11.5 Å². The molecule has 1 fully saturated rings. The summed E-state index contributed by atoms with van der Waals surface area (Å²) in [5.74, 6) is 2.16. The van der Waals surface area contributed by atoms with Crippen molar-refractivity contribution in [3.63, 3.8) is 0 Å². The average Bonchev–Trinajstić information content (AvgIpc) is 2.74. The summed E-state index contributed by atoms with van der Waals surface area (Å²) in [5.41, 5.74) is 1.79. The lowest BCUT2D eigenvalue weighted by atomic mass is 10.0. The van der Waals surface area contributed by atoms with Crippen LogP contribution < -0.4 is 24.8 Å². The molecule has 2 aromatic carbocycles. The highest BCUT2D eigenvalue weighted by molar-refractivity contribution is 5.92. The first kappa shape index (κ1) is 18.6. The SMILES string of the molecule is COc1ccccc1C1CNCCN1CC(=O)Nc1ccc2c(c1)OCCO2. The number of benzene rings is 2. The van der Waals surface area contributed by atoms with E-state index in [0.717, 1.165) is 30.9 Å². The molecule has 148 valence electrons. The van der Waals surface area contributed by atoms with Crippen LogP contribution in [0.1, 0.15) is 11.6 Å². The van der Waals surface area contributed by atoms with Gasteiger partial charge in [0.25, 0.3) is 0 Å². The zero-order valence-corrected chi connectivity index (χ0v) is 15.9. The van der Waals surface area contributed by atoms with Gasteiger partial charge in [-0.25, -0.2) is 0 Å². The van der Waals surface area contributed by atoms with E-state index < -0.39 is 0 Å². The molecule has 0 bridgehead atoms. The highest BCUT2D eigenvalue weighted by atomic mass is 16.6. The van der Waals surface area contributed by atoms with Gasteiger partial charge in [-0.3, -0.25) is 9.69 Å². The summed E-state index contributed by atoms with van der Waals surface area (Å²) in [6.45, 7) is 3.79. The Hall–Kier alpha value is -2.77. The predicted octanol–water partition coefficient (Wildman–Crippen LogP) is 2.05. The van der Waals surface area contributed by atoms with Gasteiger partial charge in [-0.15, -0.1) is 0 Å². The molecule has 2 heterocycles. The fourth-order valence-corrected chi connectivity index (χ4v) is 3.69. The fourth-order valence-electron chi connectivity index (χ4n) is 3.69. The number of nitrogens with one attached hydrogen (secondary N) is 2. The van der Waals surface area contributed by atoms with Crippen LogP contribution in [-0.4, -0.2) is 57.3 Å². The smallest absolute Gasteiger partial charge is 0.238 e. The van der Waals surface area contributed by atoms with Gasteiger partial charge in [0.1, 0.15) is 19.0 Å². The Morgan fingerprint density at radius 1 is 1.21 bits per heavy atom. The number of anilines is 1. The second-order valence-corrected chi connectivity index (χ2v) is 6.84. The van der Waals surface area contributed by atoms with Gasteiger partial charge < -0.3 is 24.8 Å². The van der Waals surface area contributed by atoms with Gasteiger partial charge >= 0.3 is 0 Å². The van der Waals surface area contributed by atoms with Gasteiger partial charge in [0.2, 0.25) is 5.91 Å². The first-order valence-corrected chi connectivity index (χ1v) is 9.52. The molecule has 1 amide bonds. The number of hydrogen-bond acceptors (Lipinski definition) is 6. The van der Waals surface area contributed by atoms with E-state index in [-0.39, 0.29) is 11.9 Å². The molecule has 0 radical (unpaired) electrons. The number of carbonyl (C=O) groups is 1. The highest BCUT2D eigenvalue weighted by Crippen LogP contribution is 2.33. The first-order chi connectivity index (χ1) is 13.7. The van der Waals surface area contributed by atoms with Crippen LogP contribution in [0.15, 0.2) is 42.5 Å². The number of rotatable bonds is 5. The fraction of sp³-hybridized carbons (Fsp3) is 0.381. The Morgan fingerprint density at radius 2 is 2.04 bits per heavy atom. The molecular formula is C21H25N3O4. The number of fused-ring (bicyclic) bond motifs is 1. The molecule has 2 N–H and O–H groups in total. The predicted molar refractivity (Wildman–Crippen MR) is 106 cm³/mol. The maximum absolute atomic E-state index is 12.7. The number of hydrogen-bond donors (Lipinski definition) is 2. The van der Waals surface area contributed by atoms with E-state index in [2.05, 4.69) is 21.6 Å². The molecule has 0 aromatic heterocycles. The maximum atomic E-state index is 12.7. The average molecular weight is 383 g/mol. The molecule has 1 atom stereocenters.